The third kappa shape index (κ3) is 10.9. The number of carbonyl (C=O) groups excluding carboxylic acids is 1. The third-order valence-corrected chi connectivity index (χ3v) is 2.69. The fraction of sp³-hybridized carbons (Fsp3) is 0.929. The zero-order valence-corrected chi connectivity index (χ0v) is 12.6. The first-order valence-electron chi connectivity index (χ1n) is 7.22. The van der Waals surface area contributed by atoms with Crippen molar-refractivity contribution in [3.05, 3.63) is 0 Å². The van der Waals surface area contributed by atoms with Crippen molar-refractivity contribution in [3.8, 4) is 0 Å². The highest BCUT2D eigenvalue weighted by Crippen LogP contribution is 2.00. The summed E-state index contributed by atoms with van der Waals surface area (Å²) in [4.78, 5) is 11.6. The van der Waals surface area contributed by atoms with Gasteiger partial charge in [0.2, 0.25) is 0 Å². The number of hydrogen-bond acceptors (Lipinski definition) is 5. The highest BCUT2D eigenvalue weighted by Gasteiger charge is 2.17. The molecule has 114 valence electrons. The Morgan fingerprint density at radius 1 is 1.16 bits per heavy atom. The van der Waals surface area contributed by atoms with Gasteiger partial charge in [-0.05, 0) is 32.7 Å². The van der Waals surface area contributed by atoms with Crippen LogP contribution in [0.4, 0.5) is 0 Å². The second kappa shape index (κ2) is 13.8. The minimum atomic E-state index is -0.167. The van der Waals surface area contributed by atoms with Crippen molar-refractivity contribution < 1.29 is 19.0 Å². The molecule has 1 N–H and O–H groups in total. The number of rotatable bonds is 13. The molecule has 0 heterocycles. The van der Waals surface area contributed by atoms with Crippen molar-refractivity contribution in [1.82, 2.24) is 5.32 Å². The summed E-state index contributed by atoms with van der Waals surface area (Å²) in [6, 6.07) is -0.167. The van der Waals surface area contributed by atoms with Gasteiger partial charge < -0.3 is 19.5 Å². The lowest BCUT2D eigenvalue weighted by Crippen LogP contribution is -2.38. The van der Waals surface area contributed by atoms with Crippen LogP contribution >= 0.6 is 0 Å². The molecular formula is C14H29NO4. The number of ether oxygens (including phenoxy) is 3. The van der Waals surface area contributed by atoms with Gasteiger partial charge in [-0.2, -0.15) is 0 Å². The Kier molecular flexibility index (Phi) is 13.3. The lowest BCUT2D eigenvalue weighted by molar-refractivity contribution is -0.145. The molecule has 0 fully saturated rings. The molecule has 1 unspecified atom stereocenters. The number of carbonyl (C=O) groups is 1. The fourth-order valence-corrected chi connectivity index (χ4v) is 1.68. The van der Waals surface area contributed by atoms with Crippen LogP contribution in [0.15, 0.2) is 0 Å². The van der Waals surface area contributed by atoms with E-state index in [1.54, 1.807) is 7.11 Å². The number of hydrogen-bond donors (Lipinski definition) is 1. The van der Waals surface area contributed by atoms with Gasteiger partial charge in [0, 0.05) is 13.7 Å². The highest BCUT2D eigenvalue weighted by atomic mass is 16.5. The molecule has 0 spiro atoms. The minimum absolute atomic E-state index is 0.138. The van der Waals surface area contributed by atoms with Gasteiger partial charge in [-0.15, -0.1) is 0 Å². The molecule has 0 aliphatic heterocycles. The maximum Gasteiger partial charge on any atom is 0.323 e. The van der Waals surface area contributed by atoms with E-state index in [0.29, 0.717) is 19.8 Å². The Morgan fingerprint density at radius 3 is 2.58 bits per heavy atom. The SMILES string of the molecule is CCCC(NCCCCOCCOC)C(=O)OCC. The Hall–Kier alpha value is -0.650. The molecule has 1 atom stereocenters. The molecule has 0 bridgehead atoms. The molecule has 5 heteroatoms. The maximum atomic E-state index is 11.6. The Morgan fingerprint density at radius 2 is 1.95 bits per heavy atom. The van der Waals surface area contributed by atoms with E-state index < -0.39 is 0 Å². The standard InChI is InChI=1S/C14H29NO4/c1-4-8-13(14(16)19-5-2)15-9-6-7-10-18-12-11-17-3/h13,15H,4-12H2,1-3H3. The van der Waals surface area contributed by atoms with E-state index in [-0.39, 0.29) is 12.0 Å². The monoisotopic (exact) mass is 275 g/mol. The first-order valence-corrected chi connectivity index (χ1v) is 7.22. The molecule has 0 aliphatic rings. The Bertz CT molecular complexity index is 212. The van der Waals surface area contributed by atoms with Crippen LogP contribution in [0.5, 0.6) is 0 Å². The summed E-state index contributed by atoms with van der Waals surface area (Å²) in [7, 11) is 1.66. The molecule has 0 saturated heterocycles. The van der Waals surface area contributed by atoms with Gasteiger partial charge in [0.05, 0.1) is 19.8 Å². The van der Waals surface area contributed by atoms with E-state index in [2.05, 4.69) is 12.2 Å². The van der Waals surface area contributed by atoms with E-state index in [1.165, 1.54) is 0 Å². The quantitative estimate of drug-likeness (QED) is 0.410. The summed E-state index contributed by atoms with van der Waals surface area (Å²) < 4.78 is 15.3. The van der Waals surface area contributed by atoms with Crippen LogP contribution in [0.3, 0.4) is 0 Å². The number of esters is 1. The summed E-state index contributed by atoms with van der Waals surface area (Å²) >= 11 is 0. The topological polar surface area (TPSA) is 56.8 Å². The summed E-state index contributed by atoms with van der Waals surface area (Å²) in [5.74, 6) is -0.138. The second-order valence-electron chi connectivity index (χ2n) is 4.36. The fourth-order valence-electron chi connectivity index (χ4n) is 1.68. The molecule has 0 radical (unpaired) electrons. The van der Waals surface area contributed by atoms with E-state index in [1.807, 2.05) is 6.92 Å². The molecule has 5 nitrogen and oxygen atoms in total. The number of nitrogens with one attached hydrogen (secondary N) is 1. The van der Waals surface area contributed by atoms with E-state index in [0.717, 1.165) is 38.8 Å². The van der Waals surface area contributed by atoms with Crippen molar-refractivity contribution in [3.63, 3.8) is 0 Å². The Labute approximate surface area is 117 Å². The molecule has 0 aromatic rings. The summed E-state index contributed by atoms with van der Waals surface area (Å²) in [5.41, 5.74) is 0. The molecular weight excluding hydrogens is 246 g/mol. The maximum absolute atomic E-state index is 11.6. The third-order valence-electron chi connectivity index (χ3n) is 2.69. The van der Waals surface area contributed by atoms with Gasteiger partial charge in [-0.3, -0.25) is 4.79 Å². The van der Waals surface area contributed by atoms with Crippen LogP contribution in [0.25, 0.3) is 0 Å². The molecule has 0 aromatic carbocycles. The lowest BCUT2D eigenvalue weighted by Gasteiger charge is -2.16. The van der Waals surface area contributed by atoms with Gasteiger partial charge in [-0.25, -0.2) is 0 Å². The molecule has 0 saturated carbocycles. The average molecular weight is 275 g/mol. The van der Waals surface area contributed by atoms with Gasteiger partial charge >= 0.3 is 5.97 Å². The number of unbranched alkanes of at least 4 members (excludes halogenated alkanes) is 1. The highest BCUT2D eigenvalue weighted by molar-refractivity contribution is 5.75. The van der Waals surface area contributed by atoms with Gasteiger partial charge in [0.15, 0.2) is 0 Å². The first-order chi connectivity index (χ1) is 9.26. The smallest absolute Gasteiger partial charge is 0.323 e. The molecule has 0 amide bonds. The van der Waals surface area contributed by atoms with E-state index in [9.17, 15) is 4.79 Å². The Balaban J connectivity index is 3.55. The summed E-state index contributed by atoms with van der Waals surface area (Å²) in [5, 5.41) is 3.25. The average Bonchev–Trinajstić information content (AvgIpc) is 2.40. The lowest BCUT2D eigenvalue weighted by atomic mass is 10.1. The normalized spacial score (nSPS) is 12.4. The number of methoxy groups -OCH3 is 1. The van der Waals surface area contributed by atoms with Crippen molar-refractivity contribution in [1.29, 1.82) is 0 Å². The van der Waals surface area contributed by atoms with Crippen LogP contribution in [0, 0.1) is 0 Å². The van der Waals surface area contributed by atoms with Crippen LogP contribution in [0.2, 0.25) is 0 Å². The zero-order chi connectivity index (χ0) is 14.3. The predicted octanol–water partition coefficient (Wildman–Crippen LogP) is 1.75. The van der Waals surface area contributed by atoms with Gasteiger partial charge in [-0.1, -0.05) is 13.3 Å². The van der Waals surface area contributed by atoms with Crippen molar-refractivity contribution >= 4 is 5.97 Å². The molecule has 0 aliphatic carbocycles. The second-order valence-corrected chi connectivity index (χ2v) is 4.36. The molecule has 0 rings (SSSR count). The zero-order valence-electron chi connectivity index (χ0n) is 12.6. The van der Waals surface area contributed by atoms with Crippen molar-refractivity contribution in [2.45, 2.75) is 45.6 Å². The van der Waals surface area contributed by atoms with Crippen molar-refractivity contribution in [2.24, 2.45) is 0 Å². The van der Waals surface area contributed by atoms with Crippen LogP contribution in [-0.4, -0.2) is 52.1 Å². The van der Waals surface area contributed by atoms with Crippen molar-refractivity contribution in [2.75, 3.05) is 40.1 Å². The molecule has 19 heavy (non-hydrogen) atoms. The largest absolute Gasteiger partial charge is 0.465 e. The van der Waals surface area contributed by atoms with E-state index >= 15 is 0 Å². The van der Waals surface area contributed by atoms with Crippen LogP contribution in [0.1, 0.15) is 39.5 Å². The van der Waals surface area contributed by atoms with Gasteiger partial charge in [0.1, 0.15) is 6.04 Å². The van der Waals surface area contributed by atoms with E-state index in [4.69, 9.17) is 14.2 Å². The molecule has 0 aromatic heterocycles. The minimum Gasteiger partial charge on any atom is -0.465 e. The van der Waals surface area contributed by atoms with Crippen LogP contribution in [-0.2, 0) is 19.0 Å². The summed E-state index contributed by atoms with van der Waals surface area (Å²) in [6.07, 6.45) is 3.77. The first kappa shape index (κ1) is 18.4. The predicted molar refractivity (Wildman–Crippen MR) is 75.3 cm³/mol. The van der Waals surface area contributed by atoms with Gasteiger partial charge in [0.25, 0.3) is 0 Å². The summed E-state index contributed by atoms with van der Waals surface area (Å²) in [6.45, 7) is 7.18. The van der Waals surface area contributed by atoms with Crippen LogP contribution < -0.4 is 5.32 Å².